The number of rotatable bonds is 4. The molecule has 2 aromatic carbocycles. The summed E-state index contributed by atoms with van der Waals surface area (Å²) in [7, 11) is 0. The SMILES string of the molecule is CC(=O)Oc1c(C)c(C)c2c(c1C)CC(C)(CC=Cc1ccccc1)O2. The Morgan fingerprint density at radius 2 is 1.85 bits per heavy atom. The molecule has 136 valence electrons. The van der Waals surface area contributed by atoms with Crippen LogP contribution in [0.3, 0.4) is 0 Å². The maximum absolute atomic E-state index is 11.5. The van der Waals surface area contributed by atoms with Crippen molar-refractivity contribution in [2.45, 2.75) is 53.1 Å². The van der Waals surface area contributed by atoms with E-state index in [9.17, 15) is 4.79 Å². The number of carbonyl (C=O) groups excluding carboxylic acids is 1. The fourth-order valence-electron chi connectivity index (χ4n) is 3.58. The lowest BCUT2D eigenvalue weighted by molar-refractivity contribution is -0.131. The van der Waals surface area contributed by atoms with Crippen molar-refractivity contribution in [2.24, 2.45) is 0 Å². The fraction of sp³-hybridized carbons (Fsp3) is 0.348. The van der Waals surface area contributed by atoms with Gasteiger partial charge in [-0.3, -0.25) is 4.79 Å². The zero-order valence-corrected chi connectivity index (χ0v) is 16.2. The van der Waals surface area contributed by atoms with Crippen molar-refractivity contribution in [3.63, 3.8) is 0 Å². The molecule has 0 aliphatic carbocycles. The minimum atomic E-state index is -0.289. The Morgan fingerprint density at radius 1 is 1.15 bits per heavy atom. The molecule has 2 aromatic rings. The van der Waals surface area contributed by atoms with Crippen LogP contribution in [0.15, 0.2) is 36.4 Å². The van der Waals surface area contributed by atoms with Gasteiger partial charge < -0.3 is 9.47 Å². The molecule has 1 heterocycles. The van der Waals surface area contributed by atoms with Crippen LogP contribution in [0.5, 0.6) is 11.5 Å². The van der Waals surface area contributed by atoms with Crippen LogP contribution in [0, 0.1) is 20.8 Å². The summed E-state index contributed by atoms with van der Waals surface area (Å²) in [5.74, 6) is 1.34. The van der Waals surface area contributed by atoms with Crippen LogP contribution in [0.4, 0.5) is 0 Å². The summed E-state index contributed by atoms with van der Waals surface area (Å²) in [6.45, 7) is 9.61. The summed E-state index contributed by atoms with van der Waals surface area (Å²) >= 11 is 0. The van der Waals surface area contributed by atoms with Crippen molar-refractivity contribution >= 4 is 12.0 Å². The average Bonchev–Trinajstić information content (AvgIpc) is 2.96. The lowest BCUT2D eigenvalue weighted by atomic mass is 9.90. The first kappa shape index (κ1) is 18.2. The molecule has 1 aliphatic heterocycles. The highest BCUT2D eigenvalue weighted by Crippen LogP contribution is 2.46. The molecule has 0 amide bonds. The second kappa shape index (κ2) is 6.99. The highest BCUT2D eigenvalue weighted by Gasteiger charge is 2.37. The van der Waals surface area contributed by atoms with Crippen LogP contribution in [-0.2, 0) is 11.2 Å². The van der Waals surface area contributed by atoms with Gasteiger partial charge in [-0.05, 0) is 49.9 Å². The lowest BCUT2D eigenvalue weighted by Crippen LogP contribution is -2.29. The predicted molar refractivity (Wildman–Crippen MR) is 105 cm³/mol. The molecule has 1 unspecified atom stereocenters. The molecule has 3 heteroatoms. The van der Waals surface area contributed by atoms with Crippen molar-refractivity contribution in [3.05, 3.63) is 64.2 Å². The van der Waals surface area contributed by atoms with Crippen molar-refractivity contribution in [2.75, 3.05) is 0 Å². The largest absolute Gasteiger partial charge is 0.486 e. The molecule has 1 aliphatic rings. The Balaban J connectivity index is 1.85. The van der Waals surface area contributed by atoms with Crippen molar-refractivity contribution in [1.29, 1.82) is 0 Å². The molecular weight excluding hydrogens is 324 g/mol. The first-order valence-corrected chi connectivity index (χ1v) is 9.02. The van der Waals surface area contributed by atoms with E-state index in [1.54, 1.807) is 0 Å². The molecule has 0 bridgehead atoms. The van der Waals surface area contributed by atoms with Gasteiger partial charge in [0.05, 0.1) is 0 Å². The van der Waals surface area contributed by atoms with Gasteiger partial charge >= 0.3 is 5.97 Å². The van der Waals surface area contributed by atoms with Crippen LogP contribution in [-0.4, -0.2) is 11.6 Å². The molecule has 0 saturated heterocycles. The zero-order chi connectivity index (χ0) is 18.9. The number of hydrogen-bond donors (Lipinski definition) is 0. The highest BCUT2D eigenvalue weighted by molar-refractivity contribution is 5.72. The van der Waals surface area contributed by atoms with Gasteiger partial charge in [-0.1, -0.05) is 42.5 Å². The first-order valence-electron chi connectivity index (χ1n) is 9.02. The van der Waals surface area contributed by atoms with E-state index in [0.717, 1.165) is 40.8 Å². The van der Waals surface area contributed by atoms with E-state index in [4.69, 9.17) is 9.47 Å². The number of hydrogen-bond acceptors (Lipinski definition) is 3. The Bertz CT molecular complexity index is 865. The number of benzene rings is 2. The van der Waals surface area contributed by atoms with E-state index >= 15 is 0 Å². The fourth-order valence-corrected chi connectivity index (χ4v) is 3.58. The summed E-state index contributed by atoms with van der Waals surface area (Å²) in [6.07, 6.45) is 5.93. The minimum absolute atomic E-state index is 0.287. The third-order valence-corrected chi connectivity index (χ3v) is 5.12. The third kappa shape index (κ3) is 3.52. The molecule has 0 N–H and O–H groups in total. The van der Waals surface area contributed by atoms with Crippen LogP contribution in [0.2, 0.25) is 0 Å². The Labute approximate surface area is 155 Å². The zero-order valence-electron chi connectivity index (χ0n) is 16.2. The Morgan fingerprint density at radius 3 is 2.50 bits per heavy atom. The summed E-state index contributed by atoms with van der Waals surface area (Å²) < 4.78 is 11.9. The van der Waals surface area contributed by atoms with E-state index in [1.807, 2.05) is 39.0 Å². The minimum Gasteiger partial charge on any atom is -0.486 e. The predicted octanol–water partition coefficient (Wildman–Crippen LogP) is 5.33. The number of esters is 1. The smallest absolute Gasteiger partial charge is 0.308 e. The molecule has 3 nitrogen and oxygen atoms in total. The van der Waals surface area contributed by atoms with Gasteiger partial charge in [-0.2, -0.15) is 0 Å². The second-order valence-electron chi connectivity index (χ2n) is 7.35. The average molecular weight is 350 g/mol. The maximum Gasteiger partial charge on any atom is 0.308 e. The molecule has 0 aromatic heterocycles. The van der Waals surface area contributed by atoms with Gasteiger partial charge in [-0.25, -0.2) is 0 Å². The van der Waals surface area contributed by atoms with Crippen molar-refractivity contribution < 1.29 is 14.3 Å². The van der Waals surface area contributed by atoms with Gasteiger partial charge in [0.15, 0.2) is 0 Å². The van der Waals surface area contributed by atoms with Gasteiger partial charge in [0.2, 0.25) is 0 Å². The van der Waals surface area contributed by atoms with Crippen molar-refractivity contribution in [1.82, 2.24) is 0 Å². The van der Waals surface area contributed by atoms with E-state index in [0.29, 0.717) is 5.75 Å². The summed E-state index contributed by atoms with van der Waals surface area (Å²) in [5.41, 5.74) is 5.09. The first-order chi connectivity index (χ1) is 12.3. The van der Waals surface area contributed by atoms with Gasteiger partial charge in [0.25, 0.3) is 0 Å². The van der Waals surface area contributed by atoms with E-state index in [-0.39, 0.29) is 11.6 Å². The standard InChI is InChI=1S/C23H26O3/c1-15-16(2)22-20(17(3)21(15)25-18(4)24)14-23(5,26-22)13-9-12-19-10-7-6-8-11-19/h6-12H,13-14H2,1-5H3. The topological polar surface area (TPSA) is 35.5 Å². The lowest BCUT2D eigenvalue weighted by Gasteiger charge is -2.22. The number of ether oxygens (including phenoxy) is 2. The molecule has 3 rings (SSSR count). The summed E-state index contributed by atoms with van der Waals surface area (Å²) in [5, 5.41) is 0. The van der Waals surface area contributed by atoms with Gasteiger partial charge in [0.1, 0.15) is 17.1 Å². The van der Waals surface area contributed by atoms with E-state index in [1.165, 1.54) is 12.5 Å². The third-order valence-electron chi connectivity index (χ3n) is 5.12. The van der Waals surface area contributed by atoms with Crippen LogP contribution < -0.4 is 9.47 Å². The van der Waals surface area contributed by atoms with Gasteiger partial charge in [-0.15, -0.1) is 0 Å². The molecule has 0 radical (unpaired) electrons. The van der Waals surface area contributed by atoms with E-state index in [2.05, 4.69) is 31.2 Å². The quantitative estimate of drug-likeness (QED) is 0.552. The van der Waals surface area contributed by atoms with E-state index < -0.39 is 0 Å². The number of fused-ring (bicyclic) bond motifs is 1. The van der Waals surface area contributed by atoms with Gasteiger partial charge in [0, 0.05) is 25.3 Å². The maximum atomic E-state index is 11.5. The second-order valence-corrected chi connectivity index (χ2v) is 7.35. The molecule has 0 saturated carbocycles. The Kier molecular flexibility index (Phi) is 4.90. The summed E-state index contributed by atoms with van der Waals surface area (Å²) in [4.78, 5) is 11.5. The number of carbonyl (C=O) groups is 1. The molecular formula is C23H26O3. The van der Waals surface area contributed by atoms with Crippen LogP contribution in [0.25, 0.3) is 6.08 Å². The molecule has 0 spiro atoms. The molecule has 0 fully saturated rings. The normalized spacial score (nSPS) is 18.7. The molecule has 1 atom stereocenters. The Hall–Kier alpha value is -2.55. The van der Waals surface area contributed by atoms with Crippen LogP contribution in [0.1, 0.15) is 48.1 Å². The summed E-state index contributed by atoms with van der Waals surface area (Å²) in [6, 6.07) is 10.3. The van der Waals surface area contributed by atoms with Crippen LogP contribution >= 0.6 is 0 Å². The van der Waals surface area contributed by atoms with Crippen molar-refractivity contribution in [3.8, 4) is 11.5 Å². The monoisotopic (exact) mass is 350 g/mol. The molecule has 26 heavy (non-hydrogen) atoms. The highest BCUT2D eigenvalue weighted by atomic mass is 16.5.